The SMILES string of the molecule is O=C(C1=CCc2ncccc21)c1cc([N+](=O)[O-])ccc1F. The van der Waals surface area contributed by atoms with Gasteiger partial charge in [0.15, 0.2) is 5.78 Å². The predicted molar refractivity (Wildman–Crippen MR) is 73.3 cm³/mol. The lowest BCUT2D eigenvalue weighted by atomic mass is 9.99. The normalized spacial score (nSPS) is 12.7. The van der Waals surface area contributed by atoms with Crippen molar-refractivity contribution in [2.45, 2.75) is 6.42 Å². The van der Waals surface area contributed by atoms with Crippen LogP contribution in [0.5, 0.6) is 0 Å². The van der Waals surface area contributed by atoms with Crippen molar-refractivity contribution in [2.75, 3.05) is 0 Å². The predicted octanol–water partition coefficient (Wildman–Crippen LogP) is 2.95. The van der Waals surface area contributed by atoms with Gasteiger partial charge in [0.1, 0.15) is 5.82 Å². The zero-order valence-corrected chi connectivity index (χ0v) is 10.7. The van der Waals surface area contributed by atoms with Crippen LogP contribution in [0.25, 0.3) is 5.57 Å². The molecule has 0 fully saturated rings. The number of halogens is 1. The molecule has 0 unspecified atom stereocenters. The van der Waals surface area contributed by atoms with Crippen LogP contribution < -0.4 is 0 Å². The molecule has 0 N–H and O–H groups in total. The van der Waals surface area contributed by atoms with Gasteiger partial charge in [-0.25, -0.2) is 4.39 Å². The van der Waals surface area contributed by atoms with Crippen LogP contribution in [0.2, 0.25) is 0 Å². The third-order valence-corrected chi connectivity index (χ3v) is 3.33. The van der Waals surface area contributed by atoms with Gasteiger partial charge in [-0.1, -0.05) is 12.1 Å². The zero-order chi connectivity index (χ0) is 15.0. The molecule has 104 valence electrons. The number of fused-ring (bicyclic) bond motifs is 1. The molecule has 0 saturated carbocycles. The minimum atomic E-state index is -0.774. The summed E-state index contributed by atoms with van der Waals surface area (Å²) >= 11 is 0. The second-order valence-electron chi connectivity index (χ2n) is 4.57. The lowest BCUT2D eigenvalue weighted by molar-refractivity contribution is -0.384. The van der Waals surface area contributed by atoms with Crippen molar-refractivity contribution in [2.24, 2.45) is 0 Å². The molecule has 21 heavy (non-hydrogen) atoms. The summed E-state index contributed by atoms with van der Waals surface area (Å²) in [7, 11) is 0. The smallest absolute Gasteiger partial charge is 0.270 e. The molecule has 3 rings (SSSR count). The molecule has 1 heterocycles. The molecule has 6 heteroatoms. The van der Waals surface area contributed by atoms with Gasteiger partial charge in [-0.05, 0) is 12.1 Å². The molecule has 1 aromatic heterocycles. The maximum Gasteiger partial charge on any atom is 0.270 e. The molecule has 5 nitrogen and oxygen atoms in total. The van der Waals surface area contributed by atoms with Crippen molar-refractivity contribution in [1.82, 2.24) is 4.98 Å². The van der Waals surface area contributed by atoms with Crippen LogP contribution in [0, 0.1) is 15.9 Å². The number of non-ortho nitro benzene ring substituents is 1. The van der Waals surface area contributed by atoms with Crippen molar-refractivity contribution < 1.29 is 14.1 Å². The first-order valence-corrected chi connectivity index (χ1v) is 6.21. The van der Waals surface area contributed by atoms with E-state index in [-0.39, 0.29) is 11.3 Å². The Kier molecular flexibility index (Phi) is 3.06. The third kappa shape index (κ3) is 2.20. The third-order valence-electron chi connectivity index (χ3n) is 3.33. The molecule has 0 bridgehead atoms. The monoisotopic (exact) mass is 284 g/mol. The molecule has 0 saturated heterocycles. The Labute approximate surface area is 118 Å². The number of Topliss-reactive ketones (excluding diaryl/α,β-unsaturated/α-hetero) is 1. The summed E-state index contributed by atoms with van der Waals surface area (Å²) in [6, 6.07) is 6.35. The Bertz CT molecular complexity index is 799. The highest BCUT2D eigenvalue weighted by Gasteiger charge is 2.25. The van der Waals surface area contributed by atoms with E-state index < -0.39 is 16.5 Å². The molecular weight excluding hydrogens is 275 g/mol. The fourth-order valence-electron chi connectivity index (χ4n) is 2.32. The van der Waals surface area contributed by atoms with Crippen LogP contribution in [0.4, 0.5) is 10.1 Å². The van der Waals surface area contributed by atoms with Gasteiger partial charge in [-0.2, -0.15) is 0 Å². The summed E-state index contributed by atoms with van der Waals surface area (Å²) in [6.45, 7) is 0. The maximum absolute atomic E-state index is 13.8. The standard InChI is InChI=1S/C15H9FN2O3/c16-13-5-3-9(18(20)21)8-12(13)15(19)11-4-6-14-10(11)2-1-7-17-14/h1-5,7-8H,6H2. The van der Waals surface area contributed by atoms with E-state index in [0.717, 1.165) is 23.9 Å². The van der Waals surface area contributed by atoms with Crippen LogP contribution in [0.15, 0.2) is 42.6 Å². The molecule has 0 atom stereocenters. The van der Waals surface area contributed by atoms with Gasteiger partial charge in [-0.15, -0.1) is 0 Å². The van der Waals surface area contributed by atoms with Crippen molar-refractivity contribution >= 4 is 17.0 Å². The number of allylic oxidation sites excluding steroid dienone is 2. The summed E-state index contributed by atoms with van der Waals surface area (Å²) in [6.07, 6.45) is 3.78. The van der Waals surface area contributed by atoms with Gasteiger partial charge in [-0.3, -0.25) is 19.9 Å². The molecule has 0 amide bonds. The fourth-order valence-corrected chi connectivity index (χ4v) is 2.32. The number of hydrogen-bond donors (Lipinski definition) is 0. The molecule has 1 aliphatic rings. The summed E-state index contributed by atoms with van der Waals surface area (Å²) < 4.78 is 13.8. The Hall–Kier alpha value is -2.89. The van der Waals surface area contributed by atoms with E-state index in [9.17, 15) is 19.3 Å². The topological polar surface area (TPSA) is 73.1 Å². The Morgan fingerprint density at radius 1 is 1.33 bits per heavy atom. The maximum atomic E-state index is 13.8. The molecular formula is C15H9FN2O3. The highest BCUT2D eigenvalue weighted by Crippen LogP contribution is 2.30. The van der Waals surface area contributed by atoms with Gasteiger partial charge in [0.2, 0.25) is 0 Å². The molecule has 0 aliphatic heterocycles. The van der Waals surface area contributed by atoms with E-state index >= 15 is 0 Å². The number of ketones is 1. The van der Waals surface area contributed by atoms with E-state index in [1.807, 2.05) is 0 Å². The number of nitrogens with zero attached hydrogens (tertiary/aromatic N) is 2. The van der Waals surface area contributed by atoms with E-state index in [2.05, 4.69) is 4.98 Å². The van der Waals surface area contributed by atoms with E-state index in [4.69, 9.17) is 0 Å². The first-order chi connectivity index (χ1) is 10.1. The van der Waals surface area contributed by atoms with Crippen LogP contribution in [-0.4, -0.2) is 15.7 Å². The average molecular weight is 284 g/mol. The number of benzene rings is 1. The summed E-state index contributed by atoms with van der Waals surface area (Å²) in [5.41, 5.74) is 1.11. The number of hydrogen-bond acceptors (Lipinski definition) is 4. The van der Waals surface area contributed by atoms with Crippen LogP contribution in [0.1, 0.15) is 21.6 Å². The number of pyridine rings is 1. The summed E-state index contributed by atoms with van der Waals surface area (Å²) in [4.78, 5) is 26.7. The minimum absolute atomic E-state index is 0.299. The van der Waals surface area contributed by atoms with Crippen LogP contribution in [0.3, 0.4) is 0 Å². The zero-order valence-electron chi connectivity index (χ0n) is 10.7. The van der Waals surface area contributed by atoms with E-state index in [0.29, 0.717) is 17.6 Å². The van der Waals surface area contributed by atoms with Gasteiger partial charge in [0.25, 0.3) is 5.69 Å². The average Bonchev–Trinajstić information content (AvgIpc) is 2.90. The van der Waals surface area contributed by atoms with E-state index in [1.54, 1.807) is 24.4 Å². The van der Waals surface area contributed by atoms with Crippen molar-refractivity contribution in [3.8, 4) is 0 Å². The molecule has 0 radical (unpaired) electrons. The van der Waals surface area contributed by atoms with E-state index in [1.165, 1.54) is 0 Å². The van der Waals surface area contributed by atoms with Crippen LogP contribution >= 0.6 is 0 Å². The highest BCUT2D eigenvalue weighted by molar-refractivity contribution is 6.30. The Balaban J connectivity index is 2.05. The van der Waals surface area contributed by atoms with Crippen molar-refractivity contribution in [3.63, 3.8) is 0 Å². The van der Waals surface area contributed by atoms with Crippen LogP contribution in [-0.2, 0) is 6.42 Å². The number of nitro groups is 1. The lowest BCUT2D eigenvalue weighted by Crippen LogP contribution is -2.06. The lowest BCUT2D eigenvalue weighted by Gasteiger charge is -2.05. The van der Waals surface area contributed by atoms with Gasteiger partial charge >= 0.3 is 0 Å². The van der Waals surface area contributed by atoms with Crippen molar-refractivity contribution in [3.05, 3.63) is 75.4 Å². The second kappa shape index (κ2) is 4.90. The number of aromatic nitrogens is 1. The van der Waals surface area contributed by atoms with Crippen molar-refractivity contribution in [1.29, 1.82) is 0 Å². The molecule has 1 aromatic carbocycles. The summed E-state index contributed by atoms with van der Waals surface area (Å²) in [5, 5.41) is 10.8. The summed E-state index contributed by atoms with van der Waals surface area (Å²) in [5.74, 6) is -1.34. The first kappa shape index (κ1) is 13.1. The fraction of sp³-hybridized carbons (Fsp3) is 0.0667. The quantitative estimate of drug-likeness (QED) is 0.493. The van der Waals surface area contributed by atoms with Gasteiger partial charge in [0, 0.05) is 35.9 Å². The number of carbonyl (C=O) groups is 1. The Morgan fingerprint density at radius 2 is 2.14 bits per heavy atom. The largest absolute Gasteiger partial charge is 0.288 e. The highest BCUT2D eigenvalue weighted by atomic mass is 19.1. The number of rotatable bonds is 3. The minimum Gasteiger partial charge on any atom is -0.288 e. The number of nitro benzene ring substituents is 1. The molecule has 0 spiro atoms. The van der Waals surface area contributed by atoms with Gasteiger partial charge < -0.3 is 0 Å². The first-order valence-electron chi connectivity index (χ1n) is 6.21. The Morgan fingerprint density at radius 3 is 2.90 bits per heavy atom. The number of carbonyl (C=O) groups excluding carboxylic acids is 1. The molecule has 1 aliphatic carbocycles. The van der Waals surface area contributed by atoms with Gasteiger partial charge in [0.05, 0.1) is 16.2 Å². The molecule has 2 aromatic rings. The second-order valence-corrected chi connectivity index (χ2v) is 4.57.